The molecule has 0 spiro atoms. The lowest BCUT2D eigenvalue weighted by molar-refractivity contribution is -0.138. The fourth-order valence-electron chi connectivity index (χ4n) is 2.67. The number of urea groups is 1. The second-order valence-corrected chi connectivity index (χ2v) is 5.91. The van der Waals surface area contributed by atoms with Gasteiger partial charge in [-0.25, -0.2) is 4.79 Å². The summed E-state index contributed by atoms with van der Waals surface area (Å²) in [5.41, 5.74) is 0. The van der Waals surface area contributed by atoms with Gasteiger partial charge in [-0.1, -0.05) is 20.8 Å². The molecule has 1 fully saturated rings. The van der Waals surface area contributed by atoms with Gasteiger partial charge in [-0.2, -0.15) is 0 Å². The van der Waals surface area contributed by atoms with Crippen molar-refractivity contribution in [3.8, 4) is 0 Å². The highest BCUT2D eigenvalue weighted by Gasteiger charge is 2.31. The average molecular weight is 284 g/mol. The van der Waals surface area contributed by atoms with Crippen LogP contribution >= 0.6 is 0 Å². The first kappa shape index (κ1) is 16.5. The maximum Gasteiger partial charge on any atom is 0.324 e. The number of carboxylic acid groups (broad SMARTS) is 1. The molecule has 1 rings (SSSR count). The van der Waals surface area contributed by atoms with Crippen molar-refractivity contribution >= 4 is 17.9 Å². The molecular weight excluding hydrogens is 260 g/mol. The minimum atomic E-state index is -0.934. The van der Waals surface area contributed by atoms with Crippen LogP contribution in [0.1, 0.15) is 46.5 Å². The number of aliphatic carboxylic acids is 1. The highest BCUT2D eigenvalue weighted by molar-refractivity contribution is 5.94. The zero-order valence-corrected chi connectivity index (χ0v) is 12.4. The largest absolute Gasteiger partial charge is 0.481 e. The Labute approximate surface area is 119 Å². The minimum absolute atomic E-state index is 0.0538. The number of nitrogens with zero attached hydrogens (tertiary/aromatic N) is 1. The molecule has 2 N–H and O–H groups in total. The Morgan fingerprint density at radius 1 is 1.25 bits per heavy atom. The SMILES string of the molecule is CC(CC(=O)O)CC(=O)NC(=O)N1CCCC1C(C)C. The van der Waals surface area contributed by atoms with Crippen molar-refractivity contribution in [2.45, 2.75) is 52.5 Å². The summed E-state index contributed by atoms with van der Waals surface area (Å²) < 4.78 is 0. The van der Waals surface area contributed by atoms with Gasteiger partial charge >= 0.3 is 12.0 Å². The summed E-state index contributed by atoms with van der Waals surface area (Å²) in [5, 5.41) is 11.0. The highest BCUT2D eigenvalue weighted by atomic mass is 16.4. The lowest BCUT2D eigenvalue weighted by atomic mass is 10.0. The molecule has 114 valence electrons. The topological polar surface area (TPSA) is 86.7 Å². The first-order valence-electron chi connectivity index (χ1n) is 7.13. The maximum atomic E-state index is 12.1. The van der Waals surface area contributed by atoms with Crippen LogP contribution in [0.25, 0.3) is 0 Å². The first-order valence-corrected chi connectivity index (χ1v) is 7.13. The number of hydrogen-bond donors (Lipinski definition) is 2. The number of imide groups is 1. The lowest BCUT2D eigenvalue weighted by Gasteiger charge is -2.27. The molecular formula is C14H24N2O4. The Balaban J connectivity index is 2.45. The summed E-state index contributed by atoms with van der Waals surface area (Å²) in [5.74, 6) is -1.25. The van der Waals surface area contributed by atoms with E-state index in [0.29, 0.717) is 12.5 Å². The van der Waals surface area contributed by atoms with Crippen molar-refractivity contribution in [1.82, 2.24) is 10.2 Å². The molecule has 0 aromatic carbocycles. The fraction of sp³-hybridized carbons (Fsp3) is 0.786. The molecule has 0 bridgehead atoms. The molecule has 20 heavy (non-hydrogen) atoms. The zero-order valence-electron chi connectivity index (χ0n) is 12.4. The van der Waals surface area contributed by atoms with Gasteiger partial charge in [0.25, 0.3) is 0 Å². The van der Waals surface area contributed by atoms with Gasteiger partial charge in [-0.05, 0) is 24.7 Å². The van der Waals surface area contributed by atoms with Crippen molar-refractivity contribution in [3.05, 3.63) is 0 Å². The Morgan fingerprint density at radius 3 is 2.45 bits per heavy atom. The molecule has 3 amide bonds. The van der Waals surface area contributed by atoms with Crippen LogP contribution in [0.5, 0.6) is 0 Å². The highest BCUT2D eigenvalue weighted by Crippen LogP contribution is 2.23. The molecule has 0 aromatic heterocycles. The molecule has 0 aromatic rings. The predicted octanol–water partition coefficient (Wildman–Crippen LogP) is 1.84. The number of hydrogen-bond acceptors (Lipinski definition) is 3. The van der Waals surface area contributed by atoms with Crippen LogP contribution in [0.15, 0.2) is 0 Å². The van der Waals surface area contributed by atoms with Gasteiger partial charge in [-0.15, -0.1) is 0 Å². The second kappa shape index (κ2) is 7.26. The normalized spacial score (nSPS) is 20.0. The number of carbonyl (C=O) groups excluding carboxylic acids is 2. The van der Waals surface area contributed by atoms with Gasteiger partial charge < -0.3 is 10.0 Å². The lowest BCUT2D eigenvalue weighted by Crippen LogP contribution is -2.47. The number of rotatable bonds is 5. The van der Waals surface area contributed by atoms with Gasteiger partial charge in [0.2, 0.25) is 5.91 Å². The molecule has 1 heterocycles. The Bertz CT molecular complexity index is 381. The van der Waals surface area contributed by atoms with E-state index in [2.05, 4.69) is 19.2 Å². The summed E-state index contributed by atoms with van der Waals surface area (Å²) >= 11 is 0. The van der Waals surface area contributed by atoms with Crippen LogP contribution in [0.2, 0.25) is 0 Å². The molecule has 0 aliphatic carbocycles. The summed E-state index contributed by atoms with van der Waals surface area (Å²) in [7, 11) is 0. The number of carboxylic acids is 1. The van der Waals surface area contributed by atoms with Crippen molar-refractivity contribution in [3.63, 3.8) is 0 Å². The van der Waals surface area contributed by atoms with Gasteiger partial charge in [0, 0.05) is 25.4 Å². The van der Waals surface area contributed by atoms with E-state index in [4.69, 9.17) is 5.11 Å². The van der Waals surface area contributed by atoms with Gasteiger partial charge in [0.1, 0.15) is 0 Å². The van der Waals surface area contributed by atoms with E-state index in [0.717, 1.165) is 12.8 Å². The smallest absolute Gasteiger partial charge is 0.324 e. The second-order valence-electron chi connectivity index (χ2n) is 5.91. The van der Waals surface area contributed by atoms with E-state index in [9.17, 15) is 14.4 Å². The summed E-state index contributed by atoms with van der Waals surface area (Å²) in [6.45, 7) is 6.48. The van der Waals surface area contributed by atoms with Crippen LogP contribution in [0, 0.1) is 11.8 Å². The van der Waals surface area contributed by atoms with E-state index >= 15 is 0 Å². The molecule has 2 atom stereocenters. The zero-order chi connectivity index (χ0) is 15.3. The molecule has 1 saturated heterocycles. The van der Waals surface area contributed by atoms with Crippen molar-refractivity contribution in [2.75, 3.05) is 6.54 Å². The summed E-state index contributed by atoms with van der Waals surface area (Å²) in [6, 6.07) is -0.173. The quantitative estimate of drug-likeness (QED) is 0.806. The van der Waals surface area contributed by atoms with Gasteiger partial charge in [0.05, 0.1) is 0 Å². The standard InChI is InChI=1S/C14H24N2O4/c1-9(2)11-5-4-6-16(11)14(20)15-12(17)7-10(3)8-13(18)19/h9-11H,4-8H2,1-3H3,(H,18,19)(H,15,17,20). The third kappa shape index (κ3) is 4.83. The summed E-state index contributed by atoms with van der Waals surface area (Å²) in [6.07, 6.45) is 1.91. The van der Waals surface area contributed by atoms with Crippen LogP contribution in [0.3, 0.4) is 0 Å². The molecule has 2 unspecified atom stereocenters. The first-order chi connectivity index (χ1) is 9.31. The Kier molecular flexibility index (Phi) is 5.98. The van der Waals surface area contributed by atoms with E-state index in [-0.39, 0.29) is 30.8 Å². The van der Waals surface area contributed by atoms with Crippen LogP contribution < -0.4 is 5.32 Å². The third-order valence-corrected chi connectivity index (χ3v) is 3.63. The number of carbonyl (C=O) groups is 3. The molecule has 6 nitrogen and oxygen atoms in total. The molecule has 1 aliphatic rings. The third-order valence-electron chi connectivity index (χ3n) is 3.63. The number of amides is 3. The van der Waals surface area contributed by atoms with Crippen LogP contribution in [-0.4, -0.2) is 40.5 Å². The van der Waals surface area contributed by atoms with Crippen molar-refractivity contribution in [2.24, 2.45) is 11.8 Å². The molecule has 6 heteroatoms. The predicted molar refractivity (Wildman–Crippen MR) is 74.1 cm³/mol. The van der Waals surface area contributed by atoms with E-state index in [1.807, 2.05) is 0 Å². The average Bonchev–Trinajstić information content (AvgIpc) is 2.75. The summed E-state index contributed by atoms with van der Waals surface area (Å²) in [4.78, 5) is 36.0. The molecule has 1 aliphatic heterocycles. The van der Waals surface area contributed by atoms with Crippen molar-refractivity contribution < 1.29 is 19.5 Å². The fourth-order valence-corrected chi connectivity index (χ4v) is 2.67. The van der Waals surface area contributed by atoms with Gasteiger partial charge in [0.15, 0.2) is 0 Å². The van der Waals surface area contributed by atoms with Crippen molar-refractivity contribution in [1.29, 1.82) is 0 Å². The van der Waals surface area contributed by atoms with Crippen LogP contribution in [0.4, 0.5) is 4.79 Å². The van der Waals surface area contributed by atoms with E-state index in [1.54, 1.807) is 11.8 Å². The number of likely N-dealkylation sites (tertiary alicyclic amines) is 1. The number of nitrogens with one attached hydrogen (secondary N) is 1. The van der Waals surface area contributed by atoms with Gasteiger partial charge in [-0.3, -0.25) is 14.9 Å². The van der Waals surface area contributed by atoms with E-state index in [1.165, 1.54) is 0 Å². The Morgan fingerprint density at radius 2 is 1.90 bits per heavy atom. The maximum absolute atomic E-state index is 12.1. The Hall–Kier alpha value is -1.59. The monoisotopic (exact) mass is 284 g/mol. The molecule has 0 saturated carbocycles. The minimum Gasteiger partial charge on any atom is -0.481 e. The molecule has 0 radical (unpaired) electrons. The van der Waals surface area contributed by atoms with Crippen LogP contribution in [-0.2, 0) is 9.59 Å². The van der Waals surface area contributed by atoms with E-state index < -0.39 is 11.9 Å².